The standard InChI is InChI=1S/C18H16Cl2F2N4O/c19-13-7-23-8-14(20)17(13)25-4-3-11-6-12(25)9-26(11)18(27)24-10-1-2-15(21)16(22)5-10/h1-2,5,7-8,11-12H,3-4,6,9H2,(H,24,27). The number of anilines is 2. The van der Waals surface area contributed by atoms with Crippen LogP contribution in [-0.2, 0) is 0 Å². The Morgan fingerprint density at radius 3 is 2.59 bits per heavy atom. The summed E-state index contributed by atoms with van der Waals surface area (Å²) in [7, 11) is 0. The number of hydrogen-bond donors (Lipinski definition) is 1. The van der Waals surface area contributed by atoms with Crippen LogP contribution in [0.5, 0.6) is 0 Å². The second-order valence-corrected chi connectivity index (χ2v) is 7.50. The van der Waals surface area contributed by atoms with Crippen molar-refractivity contribution in [3.05, 3.63) is 52.3 Å². The second kappa shape index (κ2) is 7.13. The quantitative estimate of drug-likeness (QED) is 0.786. The molecule has 0 radical (unpaired) electrons. The molecule has 2 aliphatic rings. The highest BCUT2D eigenvalue weighted by Gasteiger charge is 2.42. The van der Waals surface area contributed by atoms with Gasteiger partial charge in [0.2, 0.25) is 0 Å². The van der Waals surface area contributed by atoms with Crippen molar-refractivity contribution in [3.63, 3.8) is 0 Å². The number of hydrogen-bond acceptors (Lipinski definition) is 3. The molecule has 0 aliphatic carbocycles. The van der Waals surface area contributed by atoms with E-state index in [1.54, 1.807) is 17.3 Å². The molecule has 2 saturated heterocycles. The number of halogens is 4. The number of carbonyl (C=O) groups is 1. The summed E-state index contributed by atoms with van der Waals surface area (Å²) in [6.07, 6.45) is 4.66. The van der Waals surface area contributed by atoms with Gasteiger partial charge in [-0.2, -0.15) is 0 Å². The minimum absolute atomic E-state index is 0.0796. The molecule has 2 atom stereocenters. The molecule has 4 rings (SSSR count). The smallest absolute Gasteiger partial charge is 0.322 e. The van der Waals surface area contributed by atoms with Crippen LogP contribution in [-0.4, -0.2) is 41.1 Å². The van der Waals surface area contributed by atoms with E-state index in [4.69, 9.17) is 23.2 Å². The van der Waals surface area contributed by atoms with Crippen molar-refractivity contribution in [2.45, 2.75) is 24.9 Å². The topological polar surface area (TPSA) is 48.5 Å². The van der Waals surface area contributed by atoms with Crippen molar-refractivity contribution in [3.8, 4) is 0 Å². The molecule has 5 nitrogen and oxygen atoms in total. The largest absolute Gasteiger partial charge is 0.364 e. The van der Waals surface area contributed by atoms with Gasteiger partial charge >= 0.3 is 6.03 Å². The first kappa shape index (κ1) is 18.3. The van der Waals surface area contributed by atoms with Gasteiger partial charge < -0.3 is 15.1 Å². The summed E-state index contributed by atoms with van der Waals surface area (Å²) in [5, 5.41) is 3.60. The lowest BCUT2D eigenvalue weighted by Crippen LogP contribution is -2.41. The zero-order valence-electron chi connectivity index (χ0n) is 14.1. The summed E-state index contributed by atoms with van der Waals surface area (Å²) < 4.78 is 26.4. The van der Waals surface area contributed by atoms with Crippen LogP contribution in [0.25, 0.3) is 0 Å². The first-order chi connectivity index (χ1) is 12.9. The van der Waals surface area contributed by atoms with Crippen LogP contribution in [0.4, 0.5) is 25.0 Å². The van der Waals surface area contributed by atoms with Crippen LogP contribution < -0.4 is 10.2 Å². The average molecular weight is 413 g/mol. The van der Waals surface area contributed by atoms with Crippen LogP contribution in [0.1, 0.15) is 12.8 Å². The molecule has 2 amide bonds. The fourth-order valence-electron chi connectivity index (χ4n) is 3.85. The van der Waals surface area contributed by atoms with Gasteiger partial charge in [0.05, 0.1) is 15.7 Å². The van der Waals surface area contributed by atoms with Gasteiger partial charge in [0.25, 0.3) is 0 Å². The van der Waals surface area contributed by atoms with Crippen molar-refractivity contribution in [2.24, 2.45) is 0 Å². The molecule has 0 saturated carbocycles. The highest BCUT2D eigenvalue weighted by molar-refractivity contribution is 6.38. The van der Waals surface area contributed by atoms with Crippen LogP contribution in [0.3, 0.4) is 0 Å². The van der Waals surface area contributed by atoms with E-state index in [1.165, 1.54) is 6.07 Å². The van der Waals surface area contributed by atoms with Gasteiger partial charge in [-0.05, 0) is 25.0 Å². The van der Waals surface area contributed by atoms with Crippen molar-refractivity contribution >= 4 is 40.6 Å². The fraction of sp³-hybridized carbons (Fsp3) is 0.333. The van der Waals surface area contributed by atoms with E-state index < -0.39 is 11.6 Å². The Morgan fingerprint density at radius 1 is 1.15 bits per heavy atom. The highest BCUT2D eigenvalue weighted by Crippen LogP contribution is 2.40. The van der Waals surface area contributed by atoms with Gasteiger partial charge in [0, 0.05) is 49.3 Å². The maximum atomic E-state index is 13.4. The molecule has 142 valence electrons. The van der Waals surface area contributed by atoms with Crippen LogP contribution in [0.2, 0.25) is 10.0 Å². The first-order valence-electron chi connectivity index (χ1n) is 8.52. The number of likely N-dealkylation sites (tertiary alicyclic amines) is 1. The number of pyridine rings is 1. The lowest BCUT2D eigenvalue weighted by atomic mass is 10.0. The maximum absolute atomic E-state index is 13.4. The third-order valence-electron chi connectivity index (χ3n) is 5.08. The van der Waals surface area contributed by atoms with Crippen molar-refractivity contribution < 1.29 is 13.6 Å². The van der Waals surface area contributed by atoms with Gasteiger partial charge in [-0.25, -0.2) is 13.6 Å². The van der Waals surface area contributed by atoms with Gasteiger partial charge in [-0.15, -0.1) is 0 Å². The Labute approximate surface area is 164 Å². The van der Waals surface area contributed by atoms with Crippen LogP contribution >= 0.6 is 23.2 Å². The predicted octanol–water partition coefficient (Wildman–Crippen LogP) is 4.55. The van der Waals surface area contributed by atoms with E-state index in [2.05, 4.69) is 15.2 Å². The number of carbonyl (C=O) groups excluding carboxylic acids is 1. The zero-order chi connectivity index (χ0) is 19.1. The van der Waals surface area contributed by atoms with E-state index in [1.807, 2.05) is 0 Å². The third kappa shape index (κ3) is 3.41. The lowest BCUT2D eigenvalue weighted by Gasteiger charge is -2.35. The summed E-state index contributed by atoms with van der Waals surface area (Å²) in [4.78, 5) is 20.5. The molecule has 2 unspecified atom stereocenters. The second-order valence-electron chi connectivity index (χ2n) is 6.69. The van der Waals surface area contributed by atoms with Crippen molar-refractivity contribution in [1.29, 1.82) is 0 Å². The Kier molecular flexibility index (Phi) is 4.82. The van der Waals surface area contributed by atoms with Gasteiger partial charge in [0.1, 0.15) is 0 Å². The minimum atomic E-state index is -0.999. The van der Waals surface area contributed by atoms with E-state index in [0.29, 0.717) is 23.1 Å². The number of aromatic nitrogens is 1. The average Bonchev–Trinajstić information content (AvgIpc) is 2.97. The number of nitrogens with one attached hydrogen (secondary N) is 1. The van der Waals surface area contributed by atoms with Crippen LogP contribution in [0, 0.1) is 11.6 Å². The summed E-state index contributed by atoms with van der Waals surface area (Å²) in [6, 6.07) is 3.12. The number of piperidine rings is 1. The summed E-state index contributed by atoms with van der Waals surface area (Å²) in [5.74, 6) is -1.95. The van der Waals surface area contributed by atoms with Gasteiger partial charge in [-0.1, -0.05) is 23.2 Å². The molecule has 1 aromatic carbocycles. The Bertz CT molecular complexity index is 877. The molecule has 2 fully saturated rings. The Balaban J connectivity index is 1.50. The molecule has 0 spiro atoms. The summed E-state index contributed by atoms with van der Waals surface area (Å²) in [6.45, 7) is 1.21. The Hall–Kier alpha value is -2.12. The number of benzene rings is 1. The van der Waals surface area contributed by atoms with E-state index in [9.17, 15) is 13.6 Å². The number of urea groups is 1. The first-order valence-corrected chi connectivity index (χ1v) is 9.28. The predicted molar refractivity (Wildman–Crippen MR) is 100 cm³/mol. The number of fused-ring (bicyclic) bond motifs is 2. The molecular weight excluding hydrogens is 397 g/mol. The van der Waals surface area contributed by atoms with Gasteiger partial charge in [0.15, 0.2) is 11.6 Å². The molecule has 3 heterocycles. The summed E-state index contributed by atoms with van der Waals surface area (Å²) >= 11 is 12.6. The zero-order valence-corrected chi connectivity index (χ0v) is 15.6. The molecule has 2 bridgehead atoms. The molecule has 2 aliphatic heterocycles. The monoisotopic (exact) mass is 412 g/mol. The minimum Gasteiger partial charge on any atom is -0.364 e. The number of nitrogens with zero attached hydrogens (tertiary/aromatic N) is 3. The van der Waals surface area contributed by atoms with E-state index in [0.717, 1.165) is 30.7 Å². The normalized spacial score (nSPS) is 21.5. The van der Waals surface area contributed by atoms with Crippen LogP contribution in [0.15, 0.2) is 30.6 Å². The lowest BCUT2D eigenvalue weighted by molar-refractivity contribution is 0.205. The van der Waals surface area contributed by atoms with Crippen molar-refractivity contribution in [1.82, 2.24) is 9.88 Å². The van der Waals surface area contributed by atoms with Gasteiger partial charge in [-0.3, -0.25) is 4.98 Å². The summed E-state index contributed by atoms with van der Waals surface area (Å²) in [5.41, 5.74) is 0.956. The number of amides is 2. The number of rotatable bonds is 2. The third-order valence-corrected chi connectivity index (χ3v) is 5.64. The maximum Gasteiger partial charge on any atom is 0.322 e. The highest BCUT2D eigenvalue weighted by atomic mass is 35.5. The molecule has 1 N–H and O–H groups in total. The molecule has 1 aromatic heterocycles. The molecule has 27 heavy (non-hydrogen) atoms. The van der Waals surface area contributed by atoms with E-state index >= 15 is 0 Å². The molecule has 2 aromatic rings. The van der Waals surface area contributed by atoms with Crippen molar-refractivity contribution in [2.75, 3.05) is 23.3 Å². The fourth-order valence-corrected chi connectivity index (χ4v) is 4.44. The molecular formula is C18H16Cl2F2N4O. The van der Waals surface area contributed by atoms with E-state index in [-0.39, 0.29) is 23.8 Å². The Morgan fingerprint density at radius 2 is 1.89 bits per heavy atom. The molecule has 9 heteroatoms. The SMILES string of the molecule is O=C(Nc1ccc(F)c(F)c1)N1CC2CC1CCN2c1c(Cl)cncc1Cl.